The lowest BCUT2D eigenvalue weighted by atomic mass is 9.95. The molecule has 0 spiro atoms. The first kappa shape index (κ1) is 47.5. The third-order valence-corrected chi connectivity index (χ3v) is 8.13. The Balaban J connectivity index is 6.36. The number of carbonyl (C=O) groups is 7. The number of nitrogens with one attached hydrogen (secondary N) is 5. The molecule has 0 fully saturated rings. The summed E-state index contributed by atoms with van der Waals surface area (Å²) in [5.74, 6) is -6.47. The molecule has 0 aliphatic rings. The van der Waals surface area contributed by atoms with Crippen molar-refractivity contribution >= 4 is 47.4 Å². The SMILES string of the molecule is CC[C@H](C)[C@H](NC(=O)[C@H](CCCN=C(N)N)NC(=O)[C@H](CC(N)=O)NC(=O)[C@@H](N)CC(C)C)C(=O)N[C@@H](CC(C)C)C(=O)N[C@@H](CC(C)C)C(=O)O. The minimum atomic E-state index is -1.45. The molecular formula is C34H64N10O8. The Hall–Kier alpha value is -4.48. The molecule has 0 saturated heterocycles. The van der Waals surface area contributed by atoms with E-state index in [9.17, 15) is 38.7 Å². The molecular weight excluding hydrogens is 676 g/mol. The zero-order valence-corrected chi connectivity index (χ0v) is 32.0. The summed E-state index contributed by atoms with van der Waals surface area (Å²) >= 11 is 0. The standard InChI is InChI=1S/C34H64N10O8/c1-9-20(8)27(32(50)42-23(14-18(4)5)30(48)43-25(33(51)52)15-19(6)7)44-29(47)22(11-10-12-39-34(37)38)40-31(49)24(16-26(36)45)41-28(46)21(35)13-17(2)3/h17-25,27H,9-16,35H2,1-8H3,(H2,36,45)(H,40,49)(H,41,46)(H,42,50)(H,43,48)(H,44,47)(H,51,52)(H4,37,38,39)/t20-,21-,22-,23-,24-,25-,27-/m0/s1. The summed E-state index contributed by atoms with van der Waals surface area (Å²) in [6, 6.07) is -7.17. The summed E-state index contributed by atoms with van der Waals surface area (Å²) in [5.41, 5.74) is 22.2. The molecule has 52 heavy (non-hydrogen) atoms. The lowest BCUT2D eigenvalue weighted by Crippen LogP contribution is -2.60. The van der Waals surface area contributed by atoms with Gasteiger partial charge >= 0.3 is 5.97 Å². The molecule has 0 aromatic heterocycles. The Bertz CT molecular complexity index is 1240. The molecule has 18 heteroatoms. The number of aliphatic carboxylic acids is 1. The normalized spacial score (nSPS) is 15.3. The van der Waals surface area contributed by atoms with Crippen molar-refractivity contribution in [2.24, 2.45) is 51.6 Å². The molecule has 0 aliphatic carbocycles. The number of carboxylic acids is 1. The molecule has 0 aromatic rings. The average Bonchev–Trinajstić information content (AvgIpc) is 3.02. The lowest BCUT2D eigenvalue weighted by Gasteiger charge is -2.30. The summed E-state index contributed by atoms with van der Waals surface area (Å²) in [4.78, 5) is 94.7. The summed E-state index contributed by atoms with van der Waals surface area (Å²) < 4.78 is 0. The van der Waals surface area contributed by atoms with E-state index in [2.05, 4.69) is 31.6 Å². The second kappa shape index (κ2) is 23.9. The van der Waals surface area contributed by atoms with Crippen molar-refractivity contribution in [3.05, 3.63) is 0 Å². The zero-order valence-electron chi connectivity index (χ0n) is 32.0. The van der Waals surface area contributed by atoms with E-state index in [-0.39, 0.29) is 55.9 Å². The summed E-state index contributed by atoms with van der Waals surface area (Å²) in [7, 11) is 0. The highest BCUT2D eigenvalue weighted by Crippen LogP contribution is 2.13. The molecule has 0 radical (unpaired) electrons. The van der Waals surface area contributed by atoms with Crippen LogP contribution in [0.5, 0.6) is 0 Å². The van der Waals surface area contributed by atoms with E-state index >= 15 is 0 Å². The fourth-order valence-electron chi connectivity index (χ4n) is 5.23. The molecule has 0 unspecified atom stereocenters. The molecule has 0 saturated carbocycles. The van der Waals surface area contributed by atoms with Crippen LogP contribution in [0.4, 0.5) is 0 Å². The maximum Gasteiger partial charge on any atom is 0.326 e. The molecule has 0 bridgehead atoms. The van der Waals surface area contributed by atoms with Crippen molar-refractivity contribution in [1.82, 2.24) is 26.6 Å². The minimum absolute atomic E-state index is 0.0158. The molecule has 7 atom stereocenters. The van der Waals surface area contributed by atoms with Crippen molar-refractivity contribution < 1.29 is 38.7 Å². The van der Waals surface area contributed by atoms with Crippen LogP contribution in [0.3, 0.4) is 0 Å². The number of aliphatic imine (C=N–C) groups is 1. The Kier molecular flexibility index (Phi) is 21.8. The topological polar surface area (TPSA) is 316 Å². The highest BCUT2D eigenvalue weighted by molar-refractivity contribution is 5.97. The van der Waals surface area contributed by atoms with Gasteiger partial charge in [-0.2, -0.15) is 0 Å². The van der Waals surface area contributed by atoms with E-state index in [0.29, 0.717) is 12.8 Å². The van der Waals surface area contributed by atoms with Crippen LogP contribution >= 0.6 is 0 Å². The van der Waals surface area contributed by atoms with Crippen LogP contribution in [-0.2, 0) is 33.6 Å². The van der Waals surface area contributed by atoms with Gasteiger partial charge in [-0.3, -0.25) is 33.8 Å². The van der Waals surface area contributed by atoms with Crippen LogP contribution in [0.2, 0.25) is 0 Å². The maximum absolute atomic E-state index is 13.8. The number of guanidine groups is 1. The van der Waals surface area contributed by atoms with E-state index in [0.717, 1.165) is 0 Å². The van der Waals surface area contributed by atoms with Crippen molar-refractivity contribution in [1.29, 1.82) is 0 Å². The predicted molar refractivity (Wildman–Crippen MR) is 197 cm³/mol. The van der Waals surface area contributed by atoms with E-state index in [1.54, 1.807) is 13.8 Å². The van der Waals surface area contributed by atoms with E-state index in [1.807, 2.05) is 41.5 Å². The number of amides is 6. The summed E-state index contributed by atoms with van der Waals surface area (Å²) in [6.07, 6.45) is 0.719. The number of carbonyl (C=O) groups excluding carboxylic acids is 6. The molecule has 14 N–H and O–H groups in total. The predicted octanol–water partition coefficient (Wildman–Crippen LogP) is -1.06. The third-order valence-electron chi connectivity index (χ3n) is 8.13. The van der Waals surface area contributed by atoms with Crippen LogP contribution in [0.1, 0.15) is 100 Å². The number of nitrogens with two attached hydrogens (primary N) is 4. The fraction of sp³-hybridized carbons (Fsp3) is 0.765. The Morgan fingerprint density at radius 1 is 0.615 bits per heavy atom. The van der Waals surface area contributed by atoms with Gasteiger partial charge in [0.05, 0.1) is 12.5 Å². The van der Waals surface area contributed by atoms with Gasteiger partial charge in [0.2, 0.25) is 35.4 Å². The highest BCUT2D eigenvalue weighted by Gasteiger charge is 2.35. The van der Waals surface area contributed by atoms with Gasteiger partial charge in [0.15, 0.2) is 5.96 Å². The van der Waals surface area contributed by atoms with Gasteiger partial charge in [-0.05, 0) is 55.8 Å². The van der Waals surface area contributed by atoms with Crippen molar-refractivity contribution in [3.8, 4) is 0 Å². The number of rotatable bonds is 25. The Morgan fingerprint density at radius 3 is 1.56 bits per heavy atom. The van der Waals surface area contributed by atoms with Crippen LogP contribution in [0, 0.1) is 23.7 Å². The van der Waals surface area contributed by atoms with Crippen LogP contribution in [-0.4, -0.2) is 95.3 Å². The van der Waals surface area contributed by atoms with Gasteiger partial charge in [-0.15, -0.1) is 0 Å². The molecule has 18 nitrogen and oxygen atoms in total. The highest BCUT2D eigenvalue weighted by atomic mass is 16.4. The van der Waals surface area contributed by atoms with Crippen molar-refractivity contribution in [2.75, 3.05) is 6.54 Å². The number of carboxylic acid groups (broad SMARTS) is 1. The van der Waals surface area contributed by atoms with Crippen molar-refractivity contribution in [2.45, 2.75) is 137 Å². The van der Waals surface area contributed by atoms with Crippen LogP contribution in [0.15, 0.2) is 4.99 Å². The molecule has 0 rings (SSSR count). The van der Waals surface area contributed by atoms with Gasteiger partial charge in [0.25, 0.3) is 0 Å². The first-order chi connectivity index (χ1) is 24.1. The fourth-order valence-corrected chi connectivity index (χ4v) is 5.23. The zero-order chi connectivity index (χ0) is 40.3. The Morgan fingerprint density at radius 2 is 1.08 bits per heavy atom. The monoisotopic (exact) mass is 740 g/mol. The number of nitrogens with zero attached hydrogens (tertiary/aromatic N) is 1. The number of hydrogen-bond acceptors (Lipinski definition) is 9. The first-order valence-corrected chi connectivity index (χ1v) is 17.9. The van der Waals surface area contributed by atoms with Gasteiger partial charge in [0, 0.05) is 6.54 Å². The van der Waals surface area contributed by atoms with Gasteiger partial charge in [-0.1, -0.05) is 61.8 Å². The summed E-state index contributed by atoms with van der Waals surface area (Å²) in [5, 5.41) is 22.6. The summed E-state index contributed by atoms with van der Waals surface area (Å²) in [6.45, 7) is 14.7. The molecule has 0 heterocycles. The average molecular weight is 741 g/mol. The first-order valence-electron chi connectivity index (χ1n) is 17.9. The number of hydrogen-bond donors (Lipinski definition) is 10. The quantitative estimate of drug-likeness (QED) is 0.0305. The van der Waals surface area contributed by atoms with Crippen LogP contribution < -0.4 is 49.5 Å². The Labute approximate surface area is 307 Å². The van der Waals surface area contributed by atoms with E-state index in [1.165, 1.54) is 0 Å². The lowest BCUT2D eigenvalue weighted by molar-refractivity contribution is -0.143. The molecule has 0 aromatic carbocycles. The molecule has 298 valence electrons. The molecule has 6 amide bonds. The number of primary amides is 1. The van der Waals surface area contributed by atoms with Gasteiger partial charge in [0.1, 0.15) is 30.2 Å². The second-order valence-corrected chi connectivity index (χ2v) is 14.6. The smallest absolute Gasteiger partial charge is 0.326 e. The second-order valence-electron chi connectivity index (χ2n) is 14.6. The van der Waals surface area contributed by atoms with E-state index in [4.69, 9.17) is 22.9 Å². The minimum Gasteiger partial charge on any atom is -0.480 e. The molecule has 0 aliphatic heterocycles. The largest absolute Gasteiger partial charge is 0.480 e. The van der Waals surface area contributed by atoms with E-state index < -0.39 is 90.0 Å². The van der Waals surface area contributed by atoms with Crippen molar-refractivity contribution in [3.63, 3.8) is 0 Å². The third kappa shape index (κ3) is 19.2. The van der Waals surface area contributed by atoms with Crippen LogP contribution in [0.25, 0.3) is 0 Å². The van der Waals surface area contributed by atoms with Gasteiger partial charge < -0.3 is 54.6 Å². The maximum atomic E-state index is 13.8. The van der Waals surface area contributed by atoms with Gasteiger partial charge in [-0.25, -0.2) is 4.79 Å².